The van der Waals surface area contributed by atoms with Crippen LogP contribution in [0.15, 0.2) is 60.1 Å². The van der Waals surface area contributed by atoms with Gasteiger partial charge in [0.15, 0.2) is 0 Å². The fourth-order valence-corrected chi connectivity index (χ4v) is 5.08. The number of nitrogen functional groups attached to an aromatic ring is 1. The van der Waals surface area contributed by atoms with Crippen molar-refractivity contribution in [1.29, 1.82) is 0 Å². The lowest BCUT2D eigenvalue weighted by Gasteiger charge is -2.21. The van der Waals surface area contributed by atoms with E-state index in [4.69, 9.17) is 22.3 Å². The van der Waals surface area contributed by atoms with Gasteiger partial charge in [0.2, 0.25) is 0 Å². The molecule has 33 heavy (non-hydrogen) atoms. The zero-order valence-corrected chi connectivity index (χ0v) is 19.0. The normalized spacial score (nSPS) is 11.1. The van der Waals surface area contributed by atoms with E-state index in [2.05, 4.69) is 10.4 Å². The van der Waals surface area contributed by atoms with E-state index in [0.29, 0.717) is 23.7 Å². The third-order valence-corrected chi connectivity index (χ3v) is 6.67. The van der Waals surface area contributed by atoms with Gasteiger partial charge >= 0.3 is 6.03 Å². The van der Waals surface area contributed by atoms with Crippen molar-refractivity contribution >= 4 is 44.6 Å². The topological polar surface area (TPSA) is 131 Å². The van der Waals surface area contributed by atoms with Crippen LogP contribution in [0.25, 0.3) is 21.2 Å². The molecule has 0 bridgehead atoms. The van der Waals surface area contributed by atoms with Crippen LogP contribution in [0.4, 0.5) is 22.0 Å². The van der Waals surface area contributed by atoms with Crippen LogP contribution in [0.1, 0.15) is 24.0 Å². The summed E-state index contributed by atoms with van der Waals surface area (Å²) in [6.07, 6.45) is 4.33. The largest absolute Gasteiger partial charge is 0.396 e. The maximum Gasteiger partial charge on any atom is 0.323 e. The van der Waals surface area contributed by atoms with Gasteiger partial charge in [0, 0.05) is 35.0 Å². The van der Waals surface area contributed by atoms with Gasteiger partial charge in [0.05, 0.1) is 11.4 Å². The molecule has 0 atom stereocenters. The number of pyridine rings is 1. The summed E-state index contributed by atoms with van der Waals surface area (Å²) in [7, 11) is 0. The minimum Gasteiger partial charge on any atom is -0.396 e. The number of fused-ring (bicyclic) bond motifs is 1. The van der Waals surface area contributed by atoms with Gasteiger partial charge in [-0.25, -0.2) is 9.78 Å². The second-order valence-electron chi connectivity index (χ2n) is 7.80. The summed E-state index contributed by atoms with van der Waals surface area (Å²) in [6.45, 7) is 0.564. The van der Waals surface area contributed by atoms with Gasteiger partial charge in [-0.3, -0.25) is 4.90 Å². The maximum atomic E-state index is 12.3. The van der Waals surface area contributed by atoms with Gasteiger partial charge in [-0.05, 0) is 65.6 Å². The zero-order valence-electron chi connectivity index (χ0n) is 18.2. The molecule has 0 saturated carbocycles. The number of amides is 2. The van der Waals surface area contributed by atoms with E-state index >= 15 is 0 Å². The predicted molar refractivity (Wildman–Crippen MR) is 136 cm³/mol. The number of unbranched alkanes of at least 4 members (excludes halogenated alkanes) is 1. The highest BCUT2D eigenvalue weighted by Crippen LogP contribution is 2.39. The van der Waals surface area contributed by atoms with E-state index in [1.54, 1.807) is 11.3 Å². The van der Waals surface area contributed by atoms with E-state index in [9.17, 15) is 4.79 Å². The lowest BCUT2D eigenvalue weighted by molar-refractivity contribution is 0.256. The molecule has 4 rings (SSSR count). The first-order valence-electron chi connectivity index (χ1n) is 10.8. The molecule has 0 aliphatic carbocycles. The van der Waals surface area contributed by atoms with Crippen LogP contribution in [0.2, 0.25) is 0 Å². The minimum atomic E-state index is -0.570. The fraction of sp³-hybridized carbons (Fsp3) is 0.200. The van der Waals surface area contributed by atoms with Crippen molar-refractivity contribution in [2.24, 2.45) is 11.5 Å². The summed E-state index contributed by atoms with van der Waals surface area (Å²) in [4.78, 5) is 18.1. The smallest absolute Gasteiger partial charge is 0.323 e. The molecule has 170 valence electrons. The van der Waals surface area contributed by atoms with E-state index in [1.807, 2.05) is 54.7 Å². The molecule has 0 aliphatic rings. The lowest BCUT2D eigenvalue weighted by Crippen LogP contribution is -2.31. The molecule has 0 aliphatic heterocycles. The van der Waals surface area contributed by atoms with Crippen molar-refractivity contribution in [2.45, 2.75) is 25.8 Å². The molecular weight excluding hydrogens is 434 g/mol. The highest BCUT2D eigenvalue weighted by Gasteiger charge is 2.17. The number of thiophene rings is 1. The Bertz CT molecular complexity index is 1270. The highest BCUT2D eigenvalue weighted by molar-refractivity contribution is 7.18. The molecule has 7 N–H and O–H groups in total. The molecule has 2 aromatic carbocycles. The Labute approximate surface area is 196 Å². The van der Waals surface area contributed by atoms with Crippen LogP contribution in [0.5, 0.6) is 0 Å². The number of aryl methyl sites for hydroxylation is 1. The van der Waals surface area contributed by atoms with E-state index < -0.39 is 6.03 Å². The summed E-state index contributed by atoms with van der Waals surface area (Å²) in [5, 5.41) is 12.1. The van der Waals surface area contributed by atoms with Crippen molar-refractivity contribution in [3.8, 4) is 11.1 Å². The number of nitrogens with zero attached hydrogens (tertiary/aromatic N) is 2. The summed E-state index contributed by atoms with van der Waals surface area (Å²) >= 11 is 1.65. The molecule has 4 aromatic rings. The Morgan fingerprint density at radius 3 is 2.58 bits per heavy atom. The third kappa shape index (κ3) is 4.68. The average Bonchev–Trinajstić information content (AvgIpc) is 3.27. The number of aliphatic hydroxyl groups is 1. The van der Waals surface area contributed by atoms with Crippen LogP contribution in [0.3, 0.4) is 0 Å². The summed E-state index contributed by atoms with van der Waals surface area (Å²) < 4.78 is 1.12. The second-order valence-corrected chi connectivity index (χ2v) is 8.68. The molecule has 7 nitrogen and oxygen atoms in total. The number of carbonyl (C=O) groups is 1. The molecule has 2 aromatic heterocycles. The zero-order chi connectivity index (χ0) is 23.4. The van der Waals surface area contributed by atoms with Crippen molar-refractivity contribution in [3.63, 3.8) is 0 Å². The Morgan fingerprint density at radius 2 is 1.88 bits per heavy atom. The predicted octanol–water partition coefficient (Wildman–Crippen LogP) is 4.54. The molecule has 0 radical (unpaired) electrons. The van der Waals surface area contributed by atoms with Crippen molar-refractivity contribution in [2.75, 3.05) is 17.2 Å². The molecule has 2 heterocycles. The van der Waals surface area contributed by atoms with E-state index in [-0.39, 0.29) is 6.61 Å². The SMILES string of the molecule is NCc1cccc(N(C(N)=O)c2ccc(-c3csc4c(CCCCO)cnc(N)c34)cc2)c1. The molecule has 0 fully saturated rings. The monoisotopic (exact) mass is 461 g/mol. The highest BCUT2D eigenvalue weighted by atomic mass is 32.1. The molecule has 8 heteroatoms. The van der Waals surface area contributed by atoms with Gasteiger partial charge in [-0.2, -0.15) is 0 Å². The molecule has 2 amide bonds. The standard InChI is InChI=1S/C25H27N5O2S/c26-13-16-4-3-6-20(12-16)30(25(28)32)19-9-7-17(8-10-19)21-15-33-23-18(5-1-2-11-31)14-29-24(27)22(21)23/h3-4,6-10,12,14-15,31H,1-2,5,11,13,26H2,(H2,27,29)(H2,28,32). The Balaban J connectivity index is 1.69. The number of rotatable bonds is 8. The number of hydrogen-bond acceptors (Lipinski definition) is 6. The number of benzene rings is 2. The first-order chi connectivity index (χ1) is 16.0. The number of aromatic nitrogens is 1. The summed E-state index contributed by atoms with van der Waals surface area (Å²) in [5.41, 5.74) is 23.1. The Morgan fingerprint density at radius 1 is 1.09 bits per heavy atom. The molecule has 0 unspecified atom stereocenters. The quantitative estimate of drug-likeness (QED) is 0.286. The van der Waals surface area contributed by atoms with Crippen LogP contribution < -0.4 is 22.1 Å². The van der Waals surface area contributed by atoms with E-state index in [1.165, 1.54) is 4.90 Å². The third-order valence-electron chi connectivity index (χ3n) is 5.61. The maximum absolute atomic E-state index is 12.3. The number of aliphatic hydroxyl groups excluding tert-OH is 1. The second kappa shape index (κ2) is 9.99. The number of anilines is 3. The van der Waals surface area contributed by atoms with Crippen LogP contribution in [0, 0.1) is 0 Å². The number of nitrogens with two attached hydrogens (primary N) is 3. The molecular formula is C25H27N5O2S. The number of urea groups is 1. The number of carbonyl (C=O) groups excluding carboxylic acids is 1. The molecule has 0 spiro atoms. The Hall–Kier alpha value is -3.46. The first-order valence-corrected chi connectivity index (χ1v) is 11.7. The summed E-state index contributed by atoms with van der Waals surface area (Å²) in [5.74, 6) is 0.494. The van der Waals surface area contributed by atoms with Gasteiger partial charge in [0.25, 0.3) is 0 Å². The minimum absolute atomic E-state index is 0.187. The summed E-state index contributed by atoms with van der Waals surface area (Å²) in [6, 6.07) is 14.5. The van der Waals surface area contributed by atoms with Gasteiger partial charge in [-0.1, -0.05) is 24.3 Å². The first kappa shape index (κ1) is 22.7. The van der Waals surface area contributed by atoms with Crippen LogP contribution in [-0.4, -0.2) is 22.7 Å². The number of primary amides is 1. The Kier molecular flexibility index (Phi) is 6.88. The van der Waals surface area contributed by atoms with Crippen molar-refractivity contribution in [3.05, 3.63) is 71.2 Å². The van der Waals surface area contributed by atoms with Crippen LogP contribution in [-0.2, 0) is 13.0 Å². The molecule has 0 saturated heterocycles. The van der Waals surface area contributed by atoms with Crippen molar-refractivity contribution in [1.82, 2.24) is 4.98 Å². The van der Waals surface area contributed by atoms with Crippen molar-refractivity contribution < 1.29 is 9.90 Å². The lowest BCUT2D eigenvalue weighted by atomic mass is 10.0. The fourth-order valence-electron chi connectivity index (χ4n) is 3.95. The van der Waals surface area contributed by atoms with Gasteiger partial charge < -0.3 is 22.3 Å². The van der Waals surface area contributed by atoms with Gasteiger partial charge in [0.1, 0.15) is 5.82 Å². The number of hydrogen-bond donors (Lipinski definition) is 4. The van der Waals surface area contributed by atoms with Crippen LogP contribution >= 0.6 is 11.3 Å². The average molecular weight is 462 g/mol. The van der Waals surface area contributed by atoms with E-state index in [0.717, 1.165) is 51.6 Å². The van der Waals surface area contributed by atoms with Gasteiger partial charge in [-0.15, -0.1) is 11.3 Å².